The molecule has 0 amide bonds. The van der Waals surface area contributed by atoms with Gasteiger partial charge in [-0.2, -0.15) is 0 Å². The number of rotatable bonds is 2. The van der Waals surface area contributed by atoms with Gasteiger partial charge in [0.2, 0.25) is 0 Å². The van der Waals surface area contributed by atoms with Gasteiger partial charge in [-0.3, -0.25) is 0 Å². The van der Waals surface area contributed by atoms with Gasteiger partial charge in [0, 0.05) is 0 Å². The standard InChI is InChI=1S/C7H9BO3.Li.H/c1-6-3-2-4-7(5-6)11-8(9)10;;/h2-5,9-10H,1H3;;/q;+1;-1. The van der Waals surface area contributed by atoms with E-state index in [9.17, 15) is 0 Å². The summed E-state index contributed by atoms with van der Waals surface area (Å²) in [5, 5.41) is 16.9. The molecule has 1 aromatic rings. The Morgan fingerprint density at radius 2 is 2.08 bits per heavy atom. The van der Waals surface area contributed by atoms with Crippen molar-refractivity contribution in [1.82, 2.24) is 0 Å². The zero-order chi connectivity index (χ0) is 8.27. The molecular weight excluding hydrogens is 150 g/mol. The molecule has 2 N–H and O–H groups in total. The second-order valence-electron chi connectivity index (χ2n) is 2.26. The molecule has 0 aromatic heterocycles. The summed E-state index contributed by atoms with van der Waals surface area (Å²) in [6.07, 6.45) is 0. The smallest absolute Gasteiger partial charge is 1.00 e. The Balaban J connectivity index is 0. The summed E-state index contributed by atoms with van der Waals surface area (Å²) in [6.45, 7) is 1.90. The predicted molar refractivity (Wildman–Crippen MR) is 43.1 cm³/mol. The SMILES string of the molecule is Cc1cccc(OB(O)O)c1.[H-].[Li+]. The molecule has 0 saturated carbocycles. The molecule has 0 fully saturated rings. The van der Waals surface area contributed by atoms with Gasteiger partial charge in [-0.05, 0) is 24.6 Å². The van der Waals surface area contributed by atoms with Gasteiger partial charge in [0.1, 0.15) is 5.75 Å². The average Bonchev–Trinajstić information content (AvgIpc) is 1.85. The summed E-state index contributed by atoms with van der Waals surface area (Å²) in [6, 6.07) is 7.07. The maximum atomic E-state index is 8.43. The zero-order valence-electron chi connectivity index (χ0n) is 8.19. The fourth-order valence-electron chi connectivity index (χ4n) is 0.810. The van der Waals surface area contributed by atoms with Gasteiger partial charge in [-0.25, -0.2) is 0 Å². The van der Waals surface area contributed by atoms with Crippen LogP contribution in [-0.4, -0.2) is 17.4 Å². The van der Waals surface area contributed by atoms with Crippen molar-refractivity contribution in [3.05, 3.63) is 29.8 Å². The summed E-state index contributed by atoms with van der Waals surface area (Å²) in [5.74, 6) is 0.458. The molecule has 0 saturated heterocycles. The monoisotopic (exact) mass is 160 g/mol. The first-order valence-corrected chi connectivity index (χ1v) is 3.28. The Kier molecular flexibility index (Phi) is 5.11. The van der Waals surface area contributed by atoms with Crippen molar-refractivity contribution in [2.24, 2.45) is 0 Å². The van der Waals surface area contributed by atoms with Crippen LogP contribution in [0.1, 0.15) is 6.99 Å². The van der Waals surface area contributed by atoms with Gasteiger partial charge in [0.05, 0.1) is 0 Å². The summed E-state index contributed by atoms with van der Waals surface area (Å²) >= 11 is 0. The molecule has 0 atom stereocenters. The molecule has 0 aliphatic rings. The molecule has 1 rings (SSSR count). The Labute approximate surface area is 85.2 Å². The Hall–Kier alpha value is -0.398. The molecule has 3 nitrogen and oxygen atoms in total. The fraction of sp³-hybridized carbons (Fsp3) is 0.143. The molecule has 0 spiro atoms. The predicted octanol–water partition coefficient (Wildman–Crippen LogP) is -2.54. The van der Waals surface area contributed by atoms with Crippen LogP contribution in [0.4, 0.5) is 0 Å². The number of hydrogen-bond acceptors (Lipinski definition) is 3. The van der Waals surface area contributed by atoms with E-state index < -0.39 is 7.32 Å². The first-order chi connectivity index (χ1) is 5.18. The van der Waals surface area contributed by atoms with Crippen LogP contribution >= 0.6 is 0 Å². The van der Waals surface area contributed by atoms with Gasteiger partial charge in [-0.15, -0.1) is 0 Å². The summed E-state index contributed by atoms with van der Waals surface area (Å²) < 4.78 is 4.61. The quantitative estimate of drug-likeness (QED) is 0.468. The van der Waals surface area contributed by atoms with E-state index in [-0.39, 0.29) is 20.3 Å². The third kappa shape index (κ3) is 3.84. The molecule has 1 aromatic carbocycles. The molecule has 0 bridgehead atoms. The molecular formula is C7H10BLiO3. The van der Waals surface area contributed by atoms with Crippen molar-refractivity contribution in [2.75, 3.05) is 0 Å². The minimum atomic E-state index is -1.74. The van der Waals surface area contributed by atoms with E-state index in [0.29, 0.717) is 5.75 Å². The Morgan fingerprint density at radius 1 is 1.42 bits per heavy atom. The van der Waals surface area contributed by atoms with Crippen LogP contribution in [0.5, 0.6) is 5.75 Å². The van der Waals surface area contributed by atoms with Crippen molar-refractivity contribution in [2.45, 2.75) is 6.92 Å². The van der Waals surface area contributed by atoms with Crippen molar-refractivity contribution < 1.29 is 35.0 Å². The number of aryl methyl sites for hydroxylation is 1. The molecule has 60 valence electrons. The van der Waals surface area contributed by atoms with E-state index >= 15 is 0 Å². The largest absolute Gasteiger partial charge is 1.00 e. The van der Waals surface area contributed by atoms with Crippen LogP contribution in [-0.2, 0) is 0 Å². The molecule has 0 heterocycles. The maximum Gasteiger partial charge on any atom is 1.00 e. The Bertz CT molecular complexity index is 247. The summed E-state index contributed by atoms with van der Waals surface area (Å²) in [7, 11) is -1.74. The third-order valence-electron chi connectivity index (χ3n) is 1.23. The first-order valence-electron chi connectivity index (χ1n) is 3.28. The van der Waals surface area contributed by atoms with E-state index in [1.165, 1.54) is 0 Å². The second kappa shape index (κ2) is 5.28. The van der Waals surface area contributed by atoms with Gasteiger partial charge in [-0.1, -0.05) is 12.1 Å². The van der Waals surface area contributed by atoms with Crippen LogP contribution in [0.15, 0.2) is 24.3 Å². The van der Waals surface area contributed by atoms with Crippen molar-refractivity contribution in [3.63, 3.8) is 0 Å². The van der Waals surface area contributed by atoms with Crippen LogP contribution in [0.2, 0.25) is 0 Å². The van der Waals surface area contributed by atoms with Crippen LogP contribution in [0.25, 0.3) is 0 Å². The molecule has 0 aliphatic carbocycles. The van der Waals surface area contributed by atoms with Crippen LogP contribution in [0.3, 0.4) is 0 Å². The Morgan fingerprint density at radius 3 is 2.58 bits per heavy atom. The van der Waals surface area contributed by atoms with Crippen molar-refractivity contribution >= 4 is 7.32 Å². The van der Waals surface area contributed by atoms with E-state index in [0.717, 1.165) is 5.56 Å². The third-order valence-corrected chi connectivity index (χ3v) is 1.23. The fourth-order valence-corrected chi connectivity index (χ4v) is 0.810. The van der Waals surface area contributed by atoms with E-state index in [2.05, 4.69) is 4.65 Å². The van der Waals surface area contributed by atoms with Crippen molar-refractivity contribution in [1.29, 1.82) is 0 Å². The average molecular weight is 160 g/mol. The van der Waals surface area contributed by atoms with Crippen LogP contribution in [0, 0.1) is 6.92 Å². The normalized spacial score (nSPS) is 8.58. The molecule has 0 unspecified atom stereocenters. The van der Waals surface area contributed by atoms with Crippen molar-refractivity contribution in [3.8, 4) is 5.75 Å². The molecule has 5 heteroatoms. The molecule has 0 aliphatic heterocycles. The summed E-state index contributed by atoms with van der Waals surface area (Å²) in [4.78, 5) is 0. The van der Waals surface area contributed by atoms with Gasteiger partial charge in [0.15, 0.2) is 0 Å². The number of hydrogen-bond donors (Lipinski definition) is 2. The van der Waals surface area contributed by atoms with E-state index in [1.54, 1.807) is 18.2 Å². The summed E-state index contributed by atoms with van der Waals surface area (Å²) in [5.41, 5.74) is 1.02. The zero-order valence-corrected chi connectivity index (χ0v) is 7.19. The maximum absolute atomic E-state index is 8.43. The first kappa shape index (κ1) is 11.6. The minimum absolute atomic E-state index is 0. The van der Waals surface area contributed by atoms with E-state index in [4.69, 9.17) is 10.0 Å². The molecule has 12 heavy (non-hydrogen) atoms. The molecule has 0 radical (unpaired) electrons. The van der Waals surface area contributed by atoms with Gasteiger partial charge < -0.3 is 16.1 Å². The van der Waals surface area contributed by atoms with Gasteiger partial charge in [0.25, 0.3) is 0 Å². The number of benzene rings is 1. The van der Waals surface area contributed by atoms with Gasteiger partial charge >= 0.3 is 26.2 Å². The van der Waals surface area contributed by atoms with E-state index in [1.807, 2.05) is 13.0 Å². The minimum Gasteiger partial charge on any atom is -1.00 e. The second-order valence-corrected chi connectivity index (χ2v) is 2.26. The van der Waals surface area contributed by atoms with Crippen LogP contribution < -0.4 is 23.5 Å². The topological polar surface area (TPSA) is 49.7 Å².